The van der Waals surface area contributed by atoms with Gasteiger partial charge >= 0.3 is 12.0 Å². The van der Waals surface area contributed by atoms with Crippen LogP contribution >= 0.6 is 11.6 Å². The number of methoxy groups -OCH3 is 1. The van der Waals surface area contributed by atoms with Gasteiger partial charge in [0, 0.05) is 37.6 Å². The Morgan fingerprint density at radius 1 is 0.943 bits per heavy atom. The highest BCUT2D eigenvalue weighted by atomic mass is 35.5. The van der Waals surface area contributed by atoms with Crippen molar-refractivity contribution in [1.82, 2.24) is 4.90 Å². The Morgan fingerprint density at radius 2 is 1.60 bits per heavy atom. The predicted octanol–water partition coefficient (Wildman–Crippen LogP) is 5.35. The Hall–Kier alpha value is -3.65. The van der Waals surface area contributed by atoms with E-state index < -0.39 is 11.8 Å². The number of carbonyl (C=O) groups is 2. The highest BCUT2D eigenvalue weighted by molar-refractivity contribution is 6.31. The van der Waals surface area contributed by atoms with Crippen LogP contribution < -0.4 is 9.80 Å². The maximum atomic E-state index is 13.8. The average Bonchev–Trinajstić information content (AvgIpc) is 2.89. The fourth-order valence-electron chi connectivity index (χ4n) is 3.95. The van der Waals surface area contributed by atoms with E-state index >= 15 is 0 Å². The highest BCUT2D eigenvalue weighted by Gasteiger charge is 2.27. The van der Waals surface area contributed by atoms with E-state index in [0.29, 0.717) is 37.4 Å². The Morgan fingerprint density at radius 3 is 2.20 bits per heavy atom. The molecule has 35 heavy (non-hydrogen) atoms. The van der Waals surface area contributed by atoms with Gasteiger partial charge in [-0.25, -0.2) is 18.4 Å². The summed E-state index contributed by atoms with van der Waals surface area (Å²) in [5.41, 5.74) is 2.53. The molecule has 0 unspecified atom stereocenters. The number of hydrogen-bond donors (Lipinski definition) is 0. The summed E-state index contributed by atoms with van der Waals surface area (Å²) in [6.45, 7) is 2.29. The first-order valence-corrected chi connectivity index (χ1v) is 11.4. The second-order valence-electron chi connectivity index (χ2n) is 8.11. The third kappa shape index (κ3) is 5.71. The van der Waals surface area contributed by atoms with Gasteiger partial charge in [0.25, 0.3) is 0 Å². The average molecular weight is 500 g/mol. The van der Waals surface area contributed by atoms with Crippen LogP contribution in [0.4, 0.5) is 25.0 Å². The molecular weight excluding hydrogens is 476 g/mol. The van der Waals surface area contributed by atoms with Crippen molar-refractivity contribution in [3.05, 3.63) is 94.5 Å². The summed E-state index contributed by atoms with van der Waals surface area (Å²) >= 11 is 6.01. The van der Waals surface area contributed by atoms with Gasteiger partial charge in [0.15, 0.2) is 0 Å². The van der Waals surface area contributed by atoms with Crippen LogP contribution in [0.25, 0.3) is 0 Å². The molecule has 0 atom stereocenters. The lowest BCUT2D eigenvalue weighted by molar-refractivity contribution is 0.0600. The Bertz CT molecular complexity index is 1200. The lowest BCUT2D eigenvalue weighted by Gasteiger charge is -2.38. The molecule has 182 valence electrons. The van der Waals surface area contributed by atoms with Gasteiger partial charge in [-0.05, 0) is 60.2 Å². The van der Waals surface area contributed by atoms with Crippen LogP contribution in [0.5, 0.6) is 0 Å². The SMILES string of the molecule is COC(=O)c1ccc(CN(C(=O)N2CCN(c3ccc(F)cc3)CC2)c2ccc(F)c(Cl)c2)cc1. The molecule has 1 aliphatic heterocycles. The van der Waals surface area contributed by atoms with Crippen molar-refractivity contribution in [2.24, 2.45) is 0 Å². The number of esters is 1. The molecular formula is C26H24ClF2N3O3. The fraction of sp³-hybridized carbons (Fsp3) is 0.231. The van der Waals surface area contributed by atoms with Crippen LogP contribution in [0.2, 0.25) is 5.02 Å². The van der Waals surface area contributed by atoms with Crippen molar-refractivity contribution >= 4 is 35.0 Å². The van der Waals surface area contributed by atoms with E-state index in [1.54, 1.807) is 41.3 Å². The highest BCUT2D eigenvalue weighted by Crippen LogP contribution is 2.26. The van der Waals surface area contributed by atoms with Gasteiger partial charge in [0.05, 0.1) is 24.2 Å². The quantitative estimate of drug-likeness (QED) is 0.444. The molecule has 3 aromatic carbocycles. The van der Waals surface area contributed by atoms with Crippen molar-refractivity contribution in [3.63, 3.8) is 0 Å². The van der Waals surface area contributed by atoms with Gasteiger partial charge < -0.3 is 14.5 Å². The third-order valence-corrected chi connectivity index (χ3v) is 6.19. The fourth-order valence-corrected chi connectivity index (χ4v) is 4.12. The van der Waals surface area contributed by atoms with Crippen LogP contribution in [0.1, 0.15) is 15.9 Å². The summed E-state index contributed by atoms with van der Waals surface area (Å²) in [6, 6.07) is 16.9. The number of ether oxygens (including phenoxy) is 1. The molecule has 0 N–H and O–H groups in total. The summed E-state index contributed by atoms with van der Waals surface area (Å²) in [5, 5.41) is -0.0810. The zero-order chi connectivity index (χ0) is 24.9. The molecule has 0 radical (unpaired) electrons. The number of anilines is 2. The second kappa shape index (κ2) is 10.7. The number of nitrogens with zero attached hydrogens (tertiary/aromatic N) is 3. The maximum absolute atomic E-state index is 13.8. The van der Waals surface area contributed by atoms with E-state index in [2.05, 4.69) is 4.90 Å². The van der Waals surface area contributed by atoms with E-state index in [4.69, 9.17) is 16.3 Å². The zero-order valence-corrected chi connectivity index (χ0v) is 19.8. The molecule has 2 amide bonds. The van der Waals surface area contributed by atoms with Crippen molar-refractivity contribution in [3.8, 4) is 0 Å². The first-order valence-electron chi connectivity index (χ1n) is 11.0. The standard InChI is InChI=1S/C26H24ClF2N3O3/c1-35-25(33)19-4-2-18(3-5-19)17-32(22-10-11-24(29)23(27)16-22)26(34)31-14-12-30(13-15-31)21-8-6-20(28)7-9-21/h2-11,16H,12-15,17H2,1H3. The smallest absolute Gasteiger partial charge is 0.337 e. The van der Waals surface area contributed by atoms with E-state index in [1.165, 1.54) is 42.3 Å². The minimum absolute atomic E-state index is 0.0810. The number of carbonyl (C=O) groups excluding carboxylic acids is 2. The molecule has 0 bridgehead atoms. The molecule has 9 heteroatoms. The Balaban J connectivity index is 1.52. The molecule has 1 heterocycles. The summed E-state index contributed by atoms with van der Waals surface area (Å²) in [6.07, 6.45) is 0. The van der Waals surface area contributed by atoms with Crippen LogP contribution in [0.3, 0.4) is 0 Å². The largest absolute Gasteiger partial charge is 0.465 e. The molecule has 0 aliphatic carbocycles. The third-order valence-electron chi connectivity index (χ3n) is 5.90. The minimum Gasteiger partial charge on any atom is -0.465 e. The second-order valence-corrected chi connectivity index (χ2v) is 8.51. The van der Waals surface area contributed by atoms with Crippen molar-refractivity contribution < 1.29 is 23.1 Å². The Labute approximate surface area is 207 Å². The van der Waals surface area contributed by atoms with Crippen molar-refractivity contribution in [1.29, 1.82) is 0 Å². The van der Waals surface area contributed by atoms with Crippen LogP contribution in [-0.4, -0.2) is 50.2 Å². The molecule has 0 aromatic heterocycles. The summed E-state index contributed by atoms with van der Waals surface area (Å²) in [7, 11) is 1.31. The van der Waals surface area contributed by atoms with Crippen LogP contribution in [0, 0.1) is 11.6 Å². The first kappa shape index (κ1) is 24.5. The summed E-state index contributed by atoms with van der Waals surface area (Å²) < 4.78 is 31.8. The predicted molar refractivity (Wildman–Crippen MR) is 131 cm³/mol. The molecule has 1 saturated heterocycles. The Kier molecular flexibility index (Phi) is 7.51. The van der Waals surface area contributed by atoms with E-state index in [9.17, 15) is 18.4 Å². The summed E-state index contributed by atoms with van der Waals surface area (Å²) in [5.74, 6) is -1.32. The first-order chi connectivity index (χ1) is 16.9. The topological polar surface area (TPSA) is 53.1 Å². The van der Waals surface area contributed by atoms with Gasteiger partial charge in [-0.15, -0.1) is 0 Å². The molecule has 0 saturated carbocycles. The number of hydrogen-bond acceptors (Lipinski definition) is 4. The van der Waals surface area contributed by atoms with E-state index in [-0.39, 0.29) is 23.4 Å². The number of urea groups is 1. The van der Waals surface area contributed by atoms with Gasteiger partial charge in [0.2, 0.25) is 0 Å². The molecule has 6 nitrogen and oxygen atoms in total. The van der Waals surface area contributed by atoms with Gasteiger partial charge in [0.1, 0.15) is 11.6 Å². The molecule has 1 fully saturated rings. The number of rotatable bonds is 5. The molecule has 0 spiro atoms. The van der Waals surface area contributed by atoms with Crippen molar-refractivity contribution in [2.45, 2.75) is 6.54 Å². The van der Waals surface area contributed by atoms with Gasteiger partial charge in [-0.3, -0.25) is 4.90 Å². The van der Waals surface area contributed by atoms with Gasteiger partial charge in [-0.2, -0.15) is 0 Å². The normalized spacial score (nSPS) is 13.5. The number of piperazine rings is 1. The monoisotopic (exact) mass is 499 g/mol. The molecule has 3 aromatic rings. The van der Waals surface area contributed by atoms with Crippen LogP contribution in [-0.2, 0) is 11.3 Å². The molecule has 4 rings (SSSR count). The summed E-state index contributed by atoms with van der Waals surface area (Å²) in [4.78, 5) is 30.7. The van der Waals surface area contributed by atoms with Gasteiger partial charge in [-0.1, -0.05) is 23.7 Å². The van der Waals surface area contributed by atoms with E-state index in [1.807, 2.05) is 0 Å². The lowest BCUT2D eigenvalue weighted by atomic mass is 10.1. The maximum Gasteiger partial charge on any atom is 0.337 e. The van der Waals surface area contributed by atoms with Crippen LogP contribution in [0.15, 0.2) is 66.7 Å². The lowest BCUT2D eigenvalue weighted by Crippen LogP contribution is -2.53. The number of halogens is 3. The number of amides is 2. The number of benzene rings is 3. The zero-order valence-electron chi connectivity index (χ0n) is 19.1. The van der Waals surface area contributed by atoms with E-state index in [0.717, 1.165) is 11.3 Å². The van der Waals surface area contributed by atoms with Crippen molar-refractivity contribution in [2.75, 3.05) is 43.1 Å². The molecule has 1 aliphatic rings. The minimum atomic E-state index is -0.571.